The zero-order chi connectivity index (χ0) is 8.10. The second kappa shape index (κ2) is 4.73. The van der Waals surface area contributed by atoms with Gasteiger partial charge in [0.15, 0.2) is 0 Å². The summed E-state index contributed by atoms with van der Waals surface area (Å²) in [5, 5.41) is 0. The molecule has 0 aliphatic heterocycles. The van der Waals surface area contributed by atoms with Crippen LogP contribution < -0.4 is 11.3 Å². The van der Waals surface area contributed by atoms with Crippen molar-refractivity contribution in [2.24, 2.45) is 11.8 Å². The van der Waals surface area contributed by atoms with Crippen LogP contribution in [-0.4, -0.2) is 6.04 Å². The van der Waals surface area contributed by atoms with Gasteiger partial charge in [0, 0.05) is 6.04 Å². The monoisotopic (exact) mass is 156 g/mol. The number of nitrogens with two attached hydrogens (primary N) is 1. The predicted molar refractivity (Wildman–Crippen MR) is 48.0 cm³/mol. The Morgan fingerprint density at radius 3 is 2.55 bits per heavy atom. The van der Waals surface area contributed by atoms with Gasteiger partial charge in [-0.3, -0.25) is 11.3 Å². The highest BCUT2D eigenvalue weighted by molar-refractivity contribution is 4.70. The van der Waals surface area contributed by atoms with Crippen LogP contribution in [-0.2, 0) is 0 Å². The van der Waals surface area contributed by atoms with Crippen LogP contribution in [0.25, 0.3) is 0 Å². The first-order valence-corrected chi connectivity index (χ1v) is 4.79. The van der Waals surface area contributed by atoms with E-state index in [1.807, 2.05) is 0 Å². The summed E-state index contributed by atoms with van der Waals surface area (Å²) < 4.78 is 0. The highest BCUT2D eigenvalue weighted by Crippen LogP contribution is 2.26. The van der Waals surface area contributed by atoms with Gasteiger partial charge in [-0.2, -0.15) is 0 Å². The maximum atomic E-state index is 5.34. The van der Waals surface area contributed by atoms with Gasteiger partial charge in [-0.05, 0) is 19.3 Å². The van der Waals surface area contributed by atoms with Crippen molar-refractivity contribution in [3.63, 3.8) is 0 Å². The van der Waals surface area contributed by atoms with E-state index in [0.717, 1.165) is 5.92 Å². The van der Waals surface area contributed by atoms with Gasteiger partial charge in [-0.25, -0.2) is 0 Å². The Bertz CT molecular complexity index is 97.7. The molecule has 0 aromatic carbocycles. The molecule has 0 aromatic rings. The SMILES string of the molecule is C[C@@H](CC1CCCCC1)NN. The smallest absolute Gasteiger partial charge is 0.0184 e. The van der Waals surface area contributed by atoms with Crippen molar-refractivity contribution in [2.45, 2.75) is 51.5 Å². The van der Waals surface area contributed by atoms with Crippen LogP contribution in [0.15, 0.2) is 0 Å². The number of hydrazine groups is 1. The molecular formula is C9H20N2. The van der Waals surface area contributed by atoms with Gasteiger partial charge in [0.2, 0.25) is 0 Å². The zero-order valence-electron chi connectivity index (χ0n) is 7.47. The quantitative estimate of drug-likeness (QED) is 0.483. The van der Waals surface area contributed by atoms with E-state index >= 15 is 0 Å². The first-order chi connectivity index (χ1) is 5.33. The van der Waals surface area contributed by atoms with E-state index in [9.17, 15) is 0 Å². The van der Waals surface area contributed by atoms with Gasteiger partial charge < -0.3 is 0 Å². The molecule has 0 radical (unpaired) electrons. The van der Waals surface area contributed by atoms with Crippen molar-refractivity contribution in [2.75, 3.05) is 0 Å². The molecule has 0 spiro atoms. The van der Waals surface area contributed by atoms with E-state index in [4.69, 9.17) is 5.84 Å². The van der Waals surface area contributed by atoms with Crippen LogP contribution in [0.4, 0.5) is 0 Å². The molecule has 1 rings (SSSR count). The topological polar surface area (TPSA) is 38.0 Å². The van der Waals surface area contributed by atoms with Gasteiger partial charge in [0.1, 0.15) is 0 Å². The molecule has 0 unspecified atom stereocenters. The van der Waals surface area contributed by atoms with E-state index in [-0.39, 0.29) is 0 Å². The van der Waals surface area contributed by atoms with Crippen LogP contribution in [0.3, 0.4) is 0 Å². The Balaban J connectivity index is 2.13. The van der Waals surface area contributed by atoms with E-state index in [1.54, 1.807) is 0 Å². The lowest BCUT2D eigenvalue weighted by atomic mass is 9.85. The van der Waals surface area contributed by atoms with E-state index in [0.29, 0.717) is 6.04 Å². The lowest BCUT2D eigenvalue weighted by Gasteiger charge is -2.24. The largest absolute Gasteiger partial charge is 0.271 e. The second-order valence-electron chi connectivity index (χ2n) is 3.81. The fourth-order valence-electron chi connectivity index (χ4n) is 1.99. The van der Waals surface area contributed by atoms with Crippen molar-refractivity contribution < 1.29 is 0 Å². The normalized spacial score (nSPS) is 23.5. The summed E-state index contributed by atoms with van der Waals surface area (Å²) >= 11 is 0. The third-order valence-electron chi connectivity index (χ3n) is 2.70. The molecule has 66 valence electrons. The average molecular weight is 156 g/mol. The summed E-state index contributed by atoms with van der Waals surface area (Å²) in [6.45, 7) is 2.16. The number of nitrogens with one attached hydrogen (secondary N) is 1. The second-order valence-corrected chi connectivity index (χ2v) is 3.81. The van der Waals surface area contributed by atoms with E-state index < -0.39 is 0 Å². The van der Waals surface area contributed by atoms with Crippen molar-refractivity contribution in [1.29, 1.82) is 0 Å². The maximum Gasteiger partial charge on any atom is 0.0184 e. The van der Waals surface area contributed by atoms with Crippen LogP contribution >= 0.6 is 0 Å². The molecule has 2 heteroatoms. The third-order valence-corrected chi connectivity index (χ3v) is 2.70. The molecule has 11 heavy (non-hydrogen) atoms. The number of rotatable bonds is 3. The van der Waals surface area contributed by atoms with Crippen molar-refractivity contribution >= 4 is 0 Å². The first kappa shape index (κ1) is 9.01. The molecule has 1 fully saturated rings. The van der Waals surface area contributed by atoms with Crippen molar-refractivity contribution in [1.82, 2.24) is 5.43 Å². The molecule has 1 saturated carbocycles. The molecule has 3 N–H and O–H groups in total. The van der Waals surface area contributed by atoms with E-state index in [2.05, 4.69) is 12.3 Å². The minimum absolute atomic E-state index is 0.498. The van der Waals surface area contributed by atoms with Gasteiger partial charge >= 0.3 is 0 Å². The molecular weight excluding hydrogens is 136 g/mol. The summed E-state index contributed by atoms with van der Waals surface area (Å²) in [5.41, 5.74) is 2.81. The Kier molecular flexibility index (Phi) is 3.87. The van der Waals surface area contributed by atoms with E-state index in [1.165, 1.54) is 38.5 Å². The van der Waals surface area contributed by atoms with Crippen LogP contribution in [0.5, 0.6) is 0 Å². The maximum absolute atomic E-state index is 5.34. The van der Waals surface area contributed by atoms with Crippen molar-refractivity contribution in [3.8, 4) is 0 Å². The highest BCUT2D eigenvalue weighted by atomic mass is 15.2. The number of hydrogen-bond acceptors (Lipinski definition) is 2. The van der Waals surface area contributed by atoms with Gasteiger partial charge in [-0.1, -0.05) is 32.1 Å². The summed E-state index contributed by atoms with van der Waals surface area (Å²) in [6, 6.07) is 0.498. The van der Waals surface area contributed by atoms with Crippen molar-refractivity contribution in [3.05, 3.63) is 0 Å². The average Bonchev–Trinajstić information content (AvgIpc) is 2.06. The Morgan fingerprint density at radius 1 is 1.36 bits per heavy atom. The molecule has 1 atom stereocenters. The third kappa shape index (κ3) is 3.21. The predicted octanol–water partition coefficient (Wildman–Crippen LogP) is 1.81. The summed E-state index contributed by atoms with van der Waals surface area (Å²) in [4.78, 5) is 0. The first-order valence-electron chi connectivity index (χ1n) is 4.79. The Hall–Kier alpha value is -0.0800. The fourth-order valence-corrected chi connectivity index (χ4v) is 1.99. The Labute approximate surface area is 69.5 Å². The Morgan fingerprint density at radius 2 is 2.00 bits per heavy atom. The molecule has 0 bridgehead atoms. The van der Waals surface area contributed by atoms with Crippen LogP contribution in [0.1, 0.15) is 45.4 Å². The number of hydrogen-bond donors (Lipinski definition) is 2. The molecule has 0 aromatic heterocycles. The standard InChI is InChI=1S/C9H20N2/c1-8(11-10)7-9-5-3-2-4-6-9/h8-9,11H,2-7,10H2,1H3/t8-/m0/s1. The fraction of sp³-hybridized carbons (Fsp3) is 1.00. The highest BCUT2D eigenvalue weighted by Gasteiger charge is 2.15. The minimum Gasteiger partial charge on any atom is -0.271 e. The van der Waals surface area contributed by atoms with Crippen LogP contribution in [0, 0.1) is 5.92 Å². The molecule has 2 nitrogen and oxygen atoms in total. The summed E-state index contributed by atoms with van der Waals surface area (Å²) in [5.74, 6) is 6.28. The van der Waals surface area contributed by atoms with Crippen LogP contribution in [0.2, 0.25) is 0 Å². The lowest BCUT2D eigenvalue weighted by Crippen LogP contribution is -2.34. The molecule has 1 aliphatic rings. The van der Waals surface area contributed by atoms with Gasteiger partial charge in [0.05, 0.1) is 0 Å². The van der Waals surface area contributed by atoms with Gasteiger partial charge in [0.25, 0.3) is 0 Å². The van der Waals surface area contributed by atoms with Gasteiger partial charge in [-0.15, -0.1) is 0 Å². The lowest BCUT2D eigenvalue weighted by molar-refractivity contribution is 0.306. The molecule has 1 aliphatic carbocycles. The minimum atomic E-state index is 0.498. The molecule has 0 heterocycles. The summed E-state index contributed by atoms with van der Waals surface area (Å²) in [7, 11) is 0. The summed E-state index contributed by atoms with van der Waals surface area (Å²) in [6.07, 6.45) is 8.42. The molecule has 0 saturated heterocycles. The molecule has 0 amide bonds. The zero-order valence-corrected chi connectivity index (χ0v) is 7.47.